The normalized spacial score (nSPS) is 15.0. The standard InChI is InChI=1S/C20H29N5S.HI/c1-16-9-12-26-18(16)15-24-20(21-2)23-14-17-7-8-19(22-13-17)25-10-5-3-4-6-11-25;/h7-9,12-13H,3-6,10-11,14-15H2,1-2H3,(H2,21,23,24);1H. The highest BCUT2D eigenvalue weighted by atomic mass is 127. The Bertz CT molecular complexity index is 705. The zero-order chi connectivity index (χ0) is 18.2. The smallest absolute Gasteiger partial charge is 0.191 e. The Kier molecular flexibility index (Phi) is 9.33. The van der Waals surface area contributed by atoms with Crippen LogP contribution in [0.4, 0.5) is 5.82 Å². The molecule has 0 atom stereocenters. The van der Waals surface area contributed by atoms with E-state index in [-0.39, 0.29) is 24.0 Å². The zero-order valence-corrected chi connectivity index (χ0v) is 19.3. The molecule has 2 N–H and O–H groups in total. The first-order valence-corrected chi connectivity index (χ1v) is 10.3. The largest absolute Gasteiger partial charge is 0.357 e. The molecular formula is C20H30IN5S. The molecule has 1 saturated heterocycles. The van der Waals surface area contributed by atoms with Gasteiger partial charge in [-0.25, -0.2) is 4.98 Å². The Morgan fingerprint density at radius 3 is 2.44 bits per heavy atom. The molecule has 27 heavy (non-hydrogen) atoms. The highest BCUT2D eigenvalue weighted by Gasteiger charge is 2.10. The van der Waals surface area contributed by atoms with E-state index >= 15 is 0 Å². The molecule has 2 aromatic rings. The number of rotatable bonds is 5. The van der Waals surface area contributed by atoms with E-state index in [9.17, 15) is 0 Å². The van der Waals surface area contributed by atoms with Gasteiger partial charge < -0.3 is 15.5 Å². The van der Waals surface area contributed by atoms with Gasteiger partial charge in [-0.3, -0.25) is 4.99 Å². The monoisotopic (exact) mass is 499 g/mol. The minimum atomic E-state index is 0. The van der Waals surface area contributed by atoms with E-state index < -0.39 is 0 Å². The number of thiophene rings is 1. The van der Waals surface area contributed by atoms with E-state index in [1.807, 2.05) is 6.20 Å². The predicted molar refractivity (Wildman–Crippen MR) is 126 cm³/mol. The average molecular weight is 499 g/mol. The van der Waals surface area contributed by atoms with Gasteiger partial charge in [0.15, 0.2) is 5.96 Å². The number of anilines is 1. The van der Waals surface area contributed by atoms with E-state index in [1.165, 1.54) is 41.7 Å². The van der Waals surface area contributed by atoms with Crippen LogP contribution in [-0.4, -0.2) is 31.1 Å². The summed E-state index contributed by atoms with van der Waals surface area (Å²) in [5.41, 5.74) is 2.49. The number of aromatic nitrogens is 1. The van der Waals surface area contributed by atoms with Crippen molar-refractivity contribution >= 4 is 47.1 Å². The number of nitrogens with zero attached hydrogens (tertiary/aromatic N) is 3. The number of hydrogen-bond acceptors (Lipinski definition) is 4. The van der Waals surface area contributed by atoms with Crippen molar-refractivity contribution in [2.75, 3.05) is 25.0 Å². The van der Waals surface area contributed by atoms with Gasteiger partial charge in [0.1, 0.15) is 5.82 Å². The van der Waals surface area contributed by atoms with Crippen molar-refractivity contribution in [3.8, 4) is 0 Å². The summed E-state index contributed by atoms with van der Waals surface area (Å²) in [5, 5.41) is 8.87. The molecule has 5 nitrogen and oxygen atoms in total. The maximum absolute atomic E-state index is 4.67. The molecule has 3 rings (SSSR count). The number of aryl methyl sites for hydroxylation is 1. The van der Waals surface area contributed by atoms with Crippen LogP contribution in [0, 0.1) is 6.92 Å². The second kappa shape index (κ2) is 11.5. The molecule has 1 fully saturated rings. The Morgan fingerprint density at radius 1 is 1.11 bits per heavy atom. The third-order valence-corrected chi connectivity index (χ3v) is 5.83. The van der Waals surface area contributed by atoms with E-state index in [1.54, 1.807) is 18.4 Å². The Balaban J connectivity index is 0.00000261. The first-order valence-electron chi connectivity index (χ1n) is 9.43. The van der Waals surface area contributed by atoms with E-state index in [0.717, 1.165) is 38.0 Å². The molecule has 3 heterocycles. The third kappa shape index (κ3) is 6.64. The molecule has 0 unspecified atom stereocenters. The highest BCUT2D eigenvalue weighted by Crippen LogP contribution is 2.17. The molecule has 0 aromatic carbocycles. The van der Waals surface area contributed by atoms with Gasteiger partial charge in [-0.15, -0.1) is 35.3 Å². The van der Waals surface area contributed by atoms with Crippen molar-refractivity contribution in [3.05, 3.63) is 45.8 Å². The fourth-order valence-electron chi connectivity index (χ4n) is 3.16. The van der Waals surface area contributed by atoms with Gasteiger partial charge in [0.25, 0.3) is 0 Å². The lowest BCUT2D eigenvalue weighted by Crippen LogP contribution is -2.36. The number of pyridine rings is 1. The topological polar surface area (TPSA) is 52.6 Å². The second-order valence-electron chi connectivity index (χ2n) is 6.73. The zero-order valence-electron chi connectivity index (χ0n) is 16.2. The fourth-order valence-corrected chi connectivity index (χ4v) is 4.01. The molecule has 1 aliphatic rings. The summed E-state index contributed by atoms with van der Waals surface area (Å²) in [5.74, 6) is 1.92. The molecule has 0 amide bonds. The Morgan fingerprint density at radius 2 is 1.85 bits per heavy atom. The minimum absolute atomic E-state index is 0. The van der Waals surface area contributed by atoms with Crippen LogP contribution in [0.2, 0.25) is 0 Å². The minimum Gasteiger partial charge on any atom is -0.357 e. The lowest BCUT2D eigenvalue weighted by atomic mass is 10.2. The molecule has 0 aliphatic carbocycles. The number of nitrogens with one attached hydrogen (secondary N) is 2. The summed E-state index contributed by atoms with van der Waals surface area (Å²) in [6, 6.07) is 6.46. The number of guanidine groups is 1. The van der Waals surface area contributed by atoms with Gasteiger partial charge in [0.2, 0.25) is 0 Å². The lowest BCUT2D eigenvalue weighted by Gasteiger charge is -2.21. The van der Waals surface area contributed by atoms with Crippen LogP contribution in [0.15, 0.2) is 34.8 Å². The first kappa shape index (κ1) is 21.9. The summed E-state index contributed by atoms with van der Waals surface area (Å²) in [7, 11) is 1.80. The quantitative estimate of drug-likeness (QED) is 0.366. The van der Waals surface area contributed by atoms with Crippen LogP contribution in [0.25, 0.3) is 0 Å². The van der Waals surface area contributed by atoms with Crippen molar-refractivity contribution in [1.29, 1.82) is 0 Å². The van der Waals surface area contributed by atoms with Crippen LogP contribution < -0.4 is 15.5 Å². The second-order valence-corrected chi connectivity index (χ2v) is 7.73. The molecule has 148 valence electrons. The van der Waals surface area contributed by atoms with Gasteiger partial charge in [-0.1, -0.05) is 18.9 Å². The number of aliphatic imine (C=N–C) groups is 1. The molecule has 0 radical (unpaired) electrons. The van der Waals surface area contributed by atoms with Crippen LogP contribution in [0.5, 0.6) is 0 Å². The number of hydrogen-bond donors (Lipinski definition) is 2. The van der Waals surface area contributed by atoms with E-state index in [0.29, 0.717) is 0 Å². The van der Waals surface area contributed by atoms with Gasteiger partial charge in [-0.05, 0) is 48.4 Å². The van der Waals surface area contributed by atoms with Crippen molar-refractivity contribution in [2.24, 2.45) is 4.99 Å². The van der Waals surface area contributed by atoms with Gasteiger partial charge in [-0.2, -0.15) is 0 Å². The third-order valence-electron chi connectivity index (χ3n) is 4.81. The average Bonchev–Trinajstić information content (AvgIpc) is 2.91. The van der Waals surface area contributed by atoms with Gasteiger partial charge >= 0.3 is 0 Å². The summed E-state index contributed by atoms with van der Waals surface area (Å²) in [6.07, 6.45) is 7.21. The molecule has 1 aliphatic heterocycles. The molecular weight excluding hydrogens is 469 g/mol. The van der Waals surface area contributed by atoms with Crippen molar-refractivity contribution in [1.82, 2.24) is 15.6 Å². The van der Waals surface area contributed by atoms with Crippen molar-refractivity contribution in [3.63, 3.8) is 0 Å². The summed E-state index contributed by atoms with van der Waals surface area (Å²) >= 11 is 1.77. The van der Waals surface area contributed by atoms with E-state index in [2.05, 4.69) is 56.0 Å². The molecule has 0 spiro atoms. The molecule has 2 aromatic heterocycles. The van der Waals surface area contributed by atoms with Crippen LogP contribution >= 0.6 is 35.3 Å². The lowest BCUT2D eigenvalue weighted by molar-refractivity contribution is 0.726. The van der Waals surface area contributed by atoms with Crippen LogP contribution in [0.1, 0.15) is 41.7 Å². The summed E-state index contributed by atoms with van der Waals surface area (Å²) in [4.78, 5) is 12.7. The molecule has 0 bridgehead atoms. The maximum atomic E-state index is 4.67. The molecule has 7 heteroatoms. The fraction of sp³-hybridized carbons (Fsp3) is 0.500. The Labute approximate surface area is 183 Å². The van der Waals surface area contributed by atoms with Gasteiger partial charge in [0.05, 0.1) is 6.54 Å². The van der Waals surface area contributed by atoms with Crippen LogP contribution in [-0.2, 0) is 13.1 Å². The SMILES string of the molecule is CN=C(NCc1ccc(N2CCCCCC2)nc1)NCc1sccc1C.I. The predicted octanol–water partition coefficient (Wildman–Crippen LogP) is 4.32. The Hall–Kier alpha value is -1.35. The van der Waals surface area contributed by atoms with Crippen molar-refractivity contribution < 1.29 is 0 Å². The van der Waals surface area contributed by atoms with Crippen molar-refractivity contribution in [2.45, 2.75) is 45.7 Å². The molecule has 0 saturated carbocycles. The number of halogens is 1. The summed E-state index contributed by atoms with van der Waals surface area (Å²) < 4.78 is 0. The summed E-state index contributed by atoms with van der Waals surface area (Å²) in [6.45, 7) is 5.92. The maximum Gasteiger partial charge on any atom is 0.191 e. The first-order chi connectivity index (χ1) is 12.8. The van der Waals surface area contributed by atoms with Gasteiger partial charge in [0, 0.05) is 37.8 Å². The van der Waals surface area contributed by atoms with E-state index in [4.69, 9.17) is 0 Å². The highest BCUT2D eigenvalue weighted by molar-refractivity contribution is 14.0. The van der Waals surface area contributed by atoms with Crippen LogP contribution in [0.3, 0.4) is 0 Å².